The molecule has 1 aromatic carbocycles. The Morgan fingerprint density at radius 1 is 1.33 bits per heavy atom. The Labute approximate surface area is 160 Å². The molecule has 10 heteroatoms. The number of sulfone groups is 1. The summed E-state index contributed by atoms with van der Waals surface area (Å²) >= 11 is 5.91. The fourth-order valence-electron chi connectivity index (χ4n) is 3.26. The van der Waals surface area contributed by atoms with Crippen molar-refractivity contribution < 1.29 is 27.1 Å². The Morgan fingerprint density at radius 2 is 2.00 bits per heavy atom. The second kappa shape index (κ2) is 6.94. The Hall–Kier alpha value is -1.87. The van der Waals surface area contributed by atoms with Crippen LogP contribution in [-0.2, 0) is 9.84 Å². The maximum Gasteiger partial charge on any atom is 0.319 e. The van der Waals surface area contributed by atoms with Gasteiger partial charge in [0.1, 0.15) is 4.90 Å². The Morgan fingerprint density at radius 3 is 2.56 bits per heavy atom. The van der Waals surface area contributed by atoms with Gasteiger partial charge in [0, 0.05) is 12.8 Å². The van der Waals surface area contributed by atoms with Gasteiger partial charge in [-0.2, -0.15) is 0 Å². The van der Waals surface area contributed by atoms with E-state index >= 15 is 0 Å². The van der Waals surface area contributed by atoms with Gasteiger partial charge in [0.25, 0.3) is 5.92 Å². The standard InChI is InChI=1S/C17H19ClF2N2O4S/c1-9-3-2-4-12(9)21-16(24)22-13-6-5-11(18)15(14(13)23)27(25,26)10-7-17(19,20)8-10/h3,5-6,10,12,23H,2,4,7-8H2,1H3,(H2,21,22,24)/t12-/m1/s1. The van der Waals surface area contributed by atoms with Gasteiger partial charge in [0.2, 0.25) is 0 Å². The van der Waals surface area contributed by atoms with Crippen LogP contribution in [0.15, 0.2) is 28.7 Å². The Bertz CT molecular complexity index is 910. The Kier molecular flexibility index (Phi) is 5.11. The van der Waals surface area contributed by atoms with Crippen LogP contribution in [0.3, 0.4) is 0 Å². The Balaban J connectivity index is 1.81. The van der Waals surface area contributed by atoms with E-state index in [0.717, 1.165) is 18.4 Å². The summed E-state index contributed by atoms with van der Waals surface area (Å²) in [7, 11) is -4.27. The fourth-order valence-corrected chi connectivity index (χ4v) is 5.72. The third kappa shape index (κ3) is 3.89. The molecule has 3 rings (SSSR count). The lowest BCUT2D eigenvalue weighted by atomic mass is 9.94. The SMILES string of the molecule is CC1=CCC[C@H]1NC(=O)Nc1ccc(Cl)c(S(=O)(=O)C2CC(F)(F)C2)c1O. The minimum absolute atomic E-state index is 0.139. The molecule has 0 spiro atoms. The molecule has 0 aliphatic heterocycles. The van der Waals surface area contributed by atoms with Gasteiger partial charge in [-0.25, -0.2) is 22.0 Å². The predicted molar refractivity (Wildman–Crippen MR) is 97.2 cm³/mol. The zero-order valence-electron chi connectivity index (χ0n) is 14.4. The molecule has 0 radical (unpaired) electrons. The van der Waals surface area contributed by atoms with Crippen molar-refractivity contribution in [1.82, 2.24) is 5.32 Å². The quantitative estimate of drug-likeness (QED) is 0.509. The topological polar surface area (TPSA) is 95.5 Å². The third-order valence-corrected chi connectivity index (χ3v) is 7.50. The van der Waals surface area contributed by atoms with Crippen molar-refractivity contribution in [3.63, 3.8) is 0 Å². The van der Waals surface area contributed by atoms with Crippen LogP contribution in [0.2, 0.25) is 5.02 Å². The van der Waals surface area contributed by atoms with Gasteiger partial charge < -0.3 is 15.7 Å². The lowest BCUT2D eigenvalue weighted by Gasteiger charge is -2.34. The first-order valence-corrected chi connectivity index (χ1v) is 10.3. The average molecular weight is 421 g/mol. The number of halogens is 3. The first-order valence-electron chi connectivity index (χ1n) is 8.38. The second-order valence-electron chi connectivity index (χ2n) is 6.88. The van der Waals surface area contributed by atoms with Crippen LogP contribution < -0.4 is 10.6 Å². The molecule has 1 atom stereocenters. The van der Waals surface area contributed by atoms with Gasteiger partial charge >= 0.3 is 6.03 Å². The summed E-state index contributed by atoms with van der Waals surface area (Å²) in [4.78, 5) is 11.5. The van der Waals surface area contributed by atoms with Crippen molar-refractivity contribution in [1.29, 1.82) is 0 Å². The molecule has 0 bridgehead atoms. The van der Waals surface area contributed by atoms with Gasteiger partial charge in [-0.05, 0) is 31.9 Å². The second-order valence-corrected chi connectivity index (χ2v) is 9.45. The zero-order chi connectivity index (χ0) is 20.0. The fraction of sp³-hybridized carbons (Fsp3) is 0.471. The normalized spacial score (nSPS) is 22.1. The summed E-state index contributed by atoms with van der Waals surface area (Å²) in [5, 5.41) is 13.9. The number of hydrogen-bond donors (Lipinski definition) is 3. The molecule has 0 heterocycles. The van der Waals surface area contributed by atoms with Crippen molar-refractivity contribution in [2.75, 3.05) is 5.32 Å². The van der Waals surface area contributed by atoms with Crippen LogP contribution in [0.4, 0.5) is 19.3 Å². The highest BCUT2D eigenvalue weighted by Gasteiger charge is 2.52. The molecule has 1 saturated carbocycles. The monoisotopic (exact) mass is 420 g/mol. The third-order valence-electron chi connectivity index (χ3n) is 4.88. The van der Waals surface area contributed by atoms with E-state index in [1.54, 1.807) is 0 Å². The number of aromatic hydroxyl groups is 1. The molecule has 148 valence electrons. The number of urea groups is 1. The predicted octanol–water partition coefficient (Wildman–Crippen LogP) is 3.85. The summed E-state index contributed by atoms with van der Waals surface area (Å²) in [5.74, 6) is -3.80. The lowest BCUT2D eigenvalue weighted by Crippen LogP contribution is -2.44. The van der Waals surface area contributed by atoms with Crippen molar-refractivity contribution in [2.45, 2.75) is 54.7 Å². The smallest absolute Gasteiger partial charge is 0.319 e. The van der Waals surface area contributed by atoms with Crippen LogP contribution in [-0.4, -0.2) is 36.8 Å². The maximum atomic E-state index is 13.1. The van der Waals surface area contributed by atoms with E-state index in [2.05, 4.69) is 10.6 Å². The van der Waals surface area contributed by atoms with E-state index < -0.39 is 50.5 Å². The maximum absolute atomic E-state index is 13.1. The number of nitrogens with one attached hydrogen (secondary N) is 2. The summed E-state index contributed by atoms with van der Waals surface area (Å²) in [6.07, 6.45) is 1.95. The van der Waals surface area contributed by atoms with Crippen molar-refractivity contribution in [3.05, 3.63) is 28.8 Å². The van der Waals surface area contributed by atoms with E-state index in [9.17, 15) is 27.1 Å². The highest BCUT2D eigenvalue weighted by atomic mass is 35.5. The van der Waals surface area contributed by atoms with Crippen molar-refractivity contribution in [3.8, 4) is 5.75 Å². The number of benzene rings is 1. The summed E-state index contributed by atoms with van der Waals surface area (Å²) in [6.45, 7) is 1.89. The number of carbonyl (C=O) groups excluding carboxylic acids is 1. The number of carbonyl (C=O) groups is 1. The van der Waals surface area contributed by atoms with Crippen LogP contribution in [0.1, 0.15) is 32.6 Å². The van der Waals surface area contributed by atoms with Crippen molar-refractivity contribution >= 4 is 33.2 Å². The summed E-state index contributed by atoms with van der Waals surface area (Å²) < 4.78 is 51.3. The first kappa shape index (κ1) is 19.9. The van der Waals surface area contributed by atoms with E-state index in [4.69, 9.17) is 11.6 Å². The molecule has 0 saturated heterocycles. The van der Waals surface area contributed by atoms with E-state index in [1.165, 1.54) is 12.1 Å². The molecule has 6 nitrogen and oxygen atoms in total. The van der Waals surface area contributed by atoms with Crippen LogP contribution in [0.5, 0.6) is 5.75 Å². The average Bonchev–Trinajstić information content (AvgIpc) is 2.92. The molecular weight excluding hydrogens is 402 g/mol. The molecule has 2 aliphatic carbocycles. The van der Waals surface area contributed by atoms with Gasteiger partial charge in [0.05, 0.1) is 22.0 Å². The number of rotatable bonds is 4. The van der Waals surface area contributed by atoms with E-state index in [0.29, 0.717) is 0 Å². The zero-order valence-corrected chi connectivity index (χ0v) is 16.0. The number of phenols is 1. The number of hydrogen-bond acceptors (Lipinski definition) is 4. The molecule has 2 aliphatic rings. The number of phenolic OH excluding ortho intramolecular Hbond substituents is 1. The summed E-state index contributed by atoms with van der Waals surface area (Å²) in [6, 6.07) is 1.69. The number of anilines is 1. The van der Waals surface area contributed by atoms with Crippen LogP contribution in [0.25, 0.3) is 0 Å². The number of allylic oxidation sites excluding steroid dienone is 1. The molecular formula is C17H19ClF2N2O4S. The van der Waals surface area contributed by atoms with Crippen LogP contribution >= 0.6 is 11.6 Å². The van der Waals surface area contributed by atoms with Gasteiger partial charge in [-0.1, -0.05) is 23.3 Å². The van der Waals surface area contributed by atoms with Crippen molar-refractivity contribution in [2.24, 2.45) is 0 Å². The van der Waals surface area contributed by atoms with E-state index in [1.807, 2.05) is 13.0 Å². The highest BCUT2D eigenvalue weighted by Crippen LogP contribution is 2.47. The molecule has 1 fully saturated rings. The minimum atomic E-state index is -4.27. The largest absolute Gasteiger partial charge is 0.504 e. The highest BCUT2D eigenvalue weighted by molar-refractivity contribution is 7.92. The molecule has 1 aromatic rings. The molecule has 2 amide bonds. The van der Waals surface area contributed by atoms with E-state index in [-0.39, 0.29) is 16.8 Å². The van der Waals surface area contributed by atoms with Gasteiger partial charge in [-0.3, -0.25) is 0 Å². The lowest BCUT2D eigenvalue weighted by molar-refractivity contribution is -0.0686. The van der Waals surface area contributed by atoms with Crippen LogP contribution in [0, 0.1) is 0 Å². The first-order chi connectivity index (χ1) is 12.5. The number of alkyl halides is 2. The summed E-state index contributed by atoms with van der Waals surface area (Å²) in [5.41, 5.74) is 0.848. The molecule has 3 N–H and O–H groups in total. The minimum Gasteiger partial charge on any atom is -0.504 e. The van der Waals surface area contributed by atoms with Gasteiger partial charge in [0.15, 0.2) is 15.6 Å². The molecule has 0 unspecified atom stereocenters. The molecule has 0 aromatic heterocycles. The molecule has 27 heavy (non-hydrogen) atoms. The number of amides is 2. The van der Waals surface area contributed by atoms with Gasteiger partial charge in [-0.15, -0.1) is 0 Å².